The van der Waals surface area contributed by atoms with E-state index < -0.39 is 0 Å². The minimum atomic E-state index is -0.00990. The average Bonchev–Trinajstić information content (AvgIpc) is 2.63. The zero-order chi connectivity index (χ0) is 16.8. The molecule has 1 amide bonds. The second kappa shape index (κ2) is 7.63. The summed E-state index contributed by atoms with van der Waals surface area (Å²) in [4.78, 5) is 12.7. The molecule has 0 spiro atoms. The van der Waals surface area contributed by atoms with E-state index in [0.29, 0.717) is 13.0 Å². The second-order valence-corrected chi connectivity index (χ2v) is 6.90. The number of nitrogens with one attached hydrogen (secondary N) is 1. The van der Waals surface area contributed by atoms with Crippen LogP contribution in [0.2, 0.25) is 0 Å². The van der Waals surface area contributed by atoms with Gasteiger partial charge in [0, 0.05) is 17.7 Å². The second-order valence-electron chi connectivity index (χ2n) is 6.90. The van der Waals surface area contributed by atoms with Crippen LogP contribution in [0.4, 0.5) is 5.69 Å². The summed E-state index contributed by atoms with van der Waals surface area (Å²) in [6.07, 6.45) is 6.29. The van der Waals surface area contributed by atoms with E-state index in [1.165, 1.54) is 19.3 Å². The molecule has 0 saturated heterocycles. The molecular weight excluding hydrogens is 296 g/mol. The van der Waals surface area contributed by atoms with Crippen LogP contribution in [-0.4, -0.2) is 12.5 Å². The van der Waals surface area contributed by atoms with Crippen molar-refractivity contribution in [3.05, 3.63) is 54.6 Å². The lowest BCUT2D eigenvalue weighted by molar-refractivity contribution is -0.118. The Hall–Kier alpha value is -2.13. The highest BCUT2D eigenvalue weighted by atomic mass is 16.1. The van der Waals surface area contributed by atoms with Gasteiger partial charge in [0.15, 0.2) is 0 Å². The predicted octanol–water partition coefficient (Wildman–Crippen LogP) is 4.59. The molecule has 1 aliphatic carbocycles. The van der Waals surface area contributed by atoms with E-state index in [2.05, 4.69) is 17.4 Å². The number of benzene rings is 2. The highest BCUT2D eigenvalue weighted by molar-refractivity contribution is 5.95. The highest BCUT2D eigenvalue weighted by Crippen LogP contribution is 2.39. The summed E-state index contributed by atoms with van der Waals surface area (Å²) in [5, 5.41) is 3.12. The Morgan fingerprint density at radius 3 is 2.33 bits per heavy atom. The van der Waals surface area contributed by atoms with E-state index in [-0.39, 0.29) is 11.3 Å². The molecule has 1 saturated carbocycles. The summed E-state index contributed by atoms with van der Waals surface area (Å²) < 4.78 is 0. The van der Waals surface area contributed by atoms with E-state index in [0.717, 1.165) is 29.7 Å². The van der Waals surface area contributed by atoms with E-state index in [9.17, 15) is 4.79 Å². The van der Waals surface area contributed by atoms with Crippen LogP contribution in [0.15, 0.2) is 54.6 Å². The average molecular weight is 322 g/mol. The van der Waals surface area contributed by atoms with Crippen LogP contribution in [0.1, 0.15) is 38.5 Å². The summed E-state index contributed by atoms with van der Waals surface area (Å²) in [6.45, 7) is 0.598. The van der Waals surface area contributed by atoms with Gasteiger partial charge in [0.2, 0.25) is 5.91 Å². The molecule has 0 atom stereocenters. The number of rotatable bonds is 5. The largest absolute Gasteiger partial charge is 0.330 e. The molecule has 0 bridgehead atoms. The Bertz CT molecular complexity index is 675. The van der Waals surface area contributed by atoms with E-state index >= 15 is 0 Å². The van der Waals surface area contributed by atoms with Crippen molar-refractivity contribution in [1.29, 1.82) is 0 Å². The third-order valence-electron chi connectivity index (χ3n) is 5.17. The quantitative estimate of drug-likeness (QED) is 0.846. The first-order valence-corrected chi connectivity index (χ1v) is 8.87. The van der Waals surface area contributed by atoms with Crippen LogP contribution < -0.4 is 11.1 Å². The van der Waals surface area contributed by atoms with Gasteiger partial charge >= 0.3 is 0 Å². The van der Waals surface area contributed by atoms with Gasteiger partial charge < -0.3 is 11.1 Å². The first kappa shape index (κ1) is 16.7. The number of amides is 1. The summed E-state index contributed by atoms with van der Waals surface area (Å²) in [6, 6.07) is 18.1. The van der Waals surface area contributed by atoms with Crippen LogP contribution in [-0.2, 0) is 4.79 Å². The molecule has 1 fully saturated rings. The zero-order valence-electron chi connectivity index (χ0n) is 14.1. The first-order valence-electron chi connectivity index (χ1n) is 8.87. The predicted molar refractivity (Wildman–Crippen MR) is 99.7 cm³/mol. The van der Waals surface area contributed by atoms with Gasteiger partial charge in [0.25, 0.3) is 0 Å². The van der Waals surface area contributed by atoms with Gasteiger partial charge in [-0.05, 0) is 36.4 Å². The van der Waals surface area contributed by atoms with Crippen LogP contribution in [0.25, 0.3) is 11.1 Å². The SMILES string of the molecule is NCC1(CC(=O)Nc2ccccc2-c2ccccc2)CCCCC1. The fourth-order valence-corrected chi connectivity index (χ4v) is 3.75. The number of carbonyl (C=O) groups excluding carboxylic acids is 1. The van der Waals surface area contributed by atoms with Crippen LogP contribution >= 0.6 is 0 Å². The van der Waals surface area contributed by atoms with Crippen molar-refractivity contribution in [2.24, 2.45) is 11.1 Å². The van der Waals surface area contributed by atoms with E-state index in [1.54, 1.807) is 0 Å². The minimum Gasteiger partial charge on any atom is -0.330 e. The van der Waals surface area contributed by atoms with Crippen molar-refractivity contribution < 1.29 is 4.79 Å². The Labute approximate surface area is 144 Å². The summed E-state index contributed by atoms with van der Waals surface area (Å²) in [5.74, 6) is 0.0748. The van der Waals surface area contributed by atoms with Crippen molar-refractivity contribution in [1.82, 2.24) is 0 Å². The molecule has 0 aliphatic heterocycles. The molecule has 3 nitrogen and oxygen atoms in total. The van der Waals surface area contributed by atoms with E-state index in [1.807, 2.05) is 42.5 Å². The van der Waals surface area contributed by atoms with Crippen LogP contribution in [0, 0.1) is 5.41 Å². The smallest absolute Gasteiger partial charge is 0.224 e. The summed E-state index contributed by atoms with van der Waals surface area (Å²) in [7, 11) is 0. The Morgan fingerprint density at radius 1 is 0.958 bits per heavy atom. The molecule has 3 rings (SSSR count). The molecule has 3 heteroatoms. The van der Waals surface area contributed by atoms with Gasteiger partial charge in [-0.2, -0.15) is 0 Å². The van der Waals surface area contributed by atoms with Crippen molar-refractivity contribution in [2.75, 3.05) is 11.9 Å². The third-order valence-corrected chi connectivity index (χ3v) is 5.17. The van der Waals surface area contributed by atoms with Crippen molar-refractivity contribution >= 4 is 11.6 Å². The third kappa shape index (κ3) is 3.85. The number of anilines is 1. The minimum absolute atomic E-state index is 0.00990. The van der Waals surface area contributed by atoms with Gasteiger partial charge in [-0.15, -0.1) is 0 Å². The van der Waals surface area contributed by atoms with Gasteiger partial charge in [-0.1, -0.05) is 67.8 Å². The maximum atomic E-state index is 12.7. The van der Waals surface area contributed by atoms with Crippen LogP contribution in [0.5, 0.6) is 0 Å². The summed E-state index contributed by atoms with van der Waals surface area (Å²) >= 11 is 0. The molecule has 0 aromatic heterocycles. The van der Waals surface area contributed by atoms with E-state index in [4.69, 9.17) is 5.73 Å². The lowest BCUT2D eigenvalue weighted by Crippen LogP contribution is -2.36. The van der Waals surface area contributed by atoms with Gasteiger partial charge in [-0.3, -0.25) is 4.79 Å². The molecule has 0 unspecified atom stereocenters. The monoisotopic (exact) mass is 322 g/mol. The number of hydrogen-bond donors (Lipinski definition) is 2. The van der Waals surface area contributed by atoms with Crippen molar-refractivity contribution in [2.45, 2.75) is 38.5 Å². The number of nitrogens with two attached hydrogens (primary N) is 1. The molecule has 3 N–H and O–H groups in total. The molecule has 2 aromatic carbocycles. The zero-order valence-corrected chi connectivity index (χ0v) is 14.1. The fourth-order valence-electron chi connectivity index (χ4n) is 3.75. The van der Waals surface area contributed by atoms with Crippen molar-refractivity contribution in [3.63, 3.8) is 0 Å². The lowest BCUT2D eigenvalue weighted by Gasteiger charge is -2.35. The molecule has 0 radical (unpaired) electrons. The Kier molecular flexibility index (Phi) is 5.31. The lowest BCUT2D eigenvalue weighted by atomic mass is 9.71. The highest BCUT2D eigenvalue weighted by Gasteiger charge is 2.33. The maximum absolute atomic E-state index is 12.7. The molecular formula is C21H26N2O. The number of hydrogen-bond acceptors (Lipinski definition) is 2. The molecule has 2 aromatic rings. The van der Waals surface area contributed by atoms with Gasteiger partial charge in [-0.25, -0.2) is 0 Å². The number of carbonyl (C=O) groups is 1. The summed E-state index contributed by atoms with van der Waals surface area (Å²) in [5.41, 5.74) is 9.05. The number of para-hydroxylation sites is 1. The van der Waals surface area contributed by atoms with Crippen LogP contribution in [0.3, 0.4) is 0 Å². The normalized spacial score (nSPS) is 16.5. The molecule has 126 valence electrons. The Balaban J connectivity index is 1.75. The van der Waals surface area contributed by atoms with Gasteiger partial charge in [0.1, 0.15) is 0 Å². The first-order chi connectivity index (χ1) is 11.7. The standard InChI is InChI=1S/C21H26N2O/c22-16-21(13-7-2-8-14-21)15-20(24)23-19-12-6-5-11-18(19)17-9-3-1-4-10-17/h1,3-6,9-12H,2,7-8,13-16,22H2,(H,23,24). The van der Waals surface area contributed by atoms with Gasteiger partial charge in [0.05, 0.1) is 0 Å². The fraction of sp³-hybridized carbons (Fsp3) is 0.381. The molecule has 0 heterocycles. The maximum Gasteiger partial charge on any atom is 0.224 e. The van der Waals surface area contributed by atoms with Crippen molar-refractivity contribution in [3.8, 4) is 11.1 Å². The Morgan fingerprint density at radius 2 is 1.62 bits per heavy atom. The molecule has 24 heavy (non-hydrogen) atoms. The molecule has 1 aliphatic rings. The topological polar surface area (TPSA) is 55.1 Å².